The molecule has 0 unspecified atom stereocenters. The van der Waals surface area contributed by atoms with Crippen molar-refractivity contribution in [2.75, 3.05) is 18.4 Å². The maximum Gasteiger partial charge on any atom is 0.231 e. The Morgan fingerprint density at radius 1 is 1.67 bits per heavy atom. The van der Waals surface area contributed by atoms with Gasteiger partial charge in [0, 0.05) is 13.6 Å². The van der Waals surface area contributed by atoms with Crippen molar-refractivity contribution >= 4 is 11.9 Å². The largest absolute Gasteiger partial charge is 0.316 e. The Morgan fingerprint density at radius 2 is 2.47 bits per heavy atom. The zero-order chi connectivity index (χ0) is 10.8. The van der Waals surface area contributed by atoms with Gasteiger partial charge in [0.2, 0.25) is 11.9 Å². The predicted octanol–water partition coefficient (Wildman–Crippen LogP) is -0.391. The van der Waals surface area contributed by atoms with Gasteiger partial charge < -0.3 is 5.32 Å². The molecule has 1 aromatic heterocycles. The van der Waals surface area contributed by atoms with Gasteiger partial charge in [-0.3, -0.25) is 10.1 Å². The first-order chi connectivity index (χ1) is 7.18. The first kappa shape index (κ1) is 10.1. The van der Waals surface area contributed by atoms with Crippen molar-refractivity contribution in [2.24, 2.45) is 18.9 Å². The van der Waals surface area contributed by atoms with Gasteiger partial charge in [-0.2, -0.15) is 10.1 Å². The summed E-state index contributed by atoms with van der Waals surface area (Å²) in [6.45, 7) is 3.71. The van der Waals surface area contributed by atoms with Crippen molar-refractivity contribution in [1.29, 1.82) is 0 Å². The van der Waals surface area contributed by atoms with E-state index in [-0.39, 0.29) is 11.8 Å². The van der Waals surface area contributed by atoms with E-state index in [1.54, 1.807) is 11.7 Å². The predicted molar refractivity (Wildman–Crippen MR) is 55.2 cm³/mol. The highest BCUT2D eigenvalue weighted by Gasteiger charge is 2.30. The number of carbonyl (C=O) groups excluding carboxylic acids is 1. The van der Waals surface area contributed by atoms with Crippen molar-refractivity contribution in [3.05, 3.63) is 6.33 Å². The summed E-state index contributed by atoms with van der Waals surface area (Å²) in [7, 11) is 1.75. The van der Waals surface area contributed by atoms with Gasteiger partial charge in [-0.1, -0.05) is 6.92 Å². The lowest BCUT2D eigenvalue weighted by Gasteiger charge is -2.13. The van der Waals surface area contributed by atoms with E-state index in [0.29, 0.717) is 11.9 Å². The second-order valence-electron chi connectivity index (χ2n) is 3.94. The van der Waals surface area contributed by atoms with E-state index in [1.165, 1.54) is 6.33 Å². The van der Waals surface area contributed by atoms with Gasteiger partial charge >= 0.3 is 0 Å². The maximum absolute atomic E-state index is 11.8. The van der Waals surface area contributed by atoms with Crippen LogP contribution >= 0.6 is 0 Å². The fourth-order valence-electron chi connectivity index (χ4n) is 1.77. The van der Waals surface area contributed by atoms with Crippen LogP contribution in [0.5, 0.6) is 0 Å². The van der Waals surface area contributed by atoms with Crippen molar-refractivity contribution in [3.8, 4) is 0 Å². The van der Waals surface area contributed by atoms with Gasteiger partial charge in [0.15, 0.2) is 0 Å². The molecule has 15 heavy (non-hydrogen) atoms. The Hall–Kier alpha value is -1.43. The average Bonchev–Trinajstić information content (AvgIpc) is 2.76. The highest BCUT2D eigenvalue weighted by Crippen LogP contribution is 2.17. The third-order valence-electron chi connectivity index (χ3n) is 2.80. The summed E-state index contributed by atoms with van der Waals surface area (Å²) in [5, 5.41) is 9.86. The zero-order valence-electron chi connectivity index (χ0n) is 8.90. The minimum Gasteiger partial charge on any atom is -0.316 e. The number of hydrogen-bond acceptors (Lipinski definition) is 4. The summed E-state index contributed by atoms with van der Waals surface area (Å²) in [4.78, 5) is 15.8. The summed E-state index contributed by atoms with van der Waals surface area (Å²) in [5.74, 6) is 0.919. The molecule has 0 aliphatic carbocycles. The quantitative estimate of drug-likeness (QED) is 0.695. The van der Waals surface area contributed by atoms with Crippen LogP contribution < -0.4 is 10.6 Å². The maximum atomic E-state index is 11.8. The van der Waals surface area contributed by atoms with Crippen molar-refractivity contribution < 1.29 is 4.79 Å². The van der Waals surface area contributed by atoms with Crippen LogP contribution in [0.25, 0.3) is 0 Å². The normalized spacial score (nSPS) is 25.5. The molecule has 2 heterocycles. The van der Waals surface area contributed by atoms with Crippen LogP contribution in [0.2, 0.25) is 0 Å². The third-order valence-corrected chi connectivity index (χ3v) is 2.80. The van der Waals surface area contributed by atoms with Crippen molar-refractivity contribution in [3.63, 3.8) is 0 Å². The zero-order valence-corrected chi connectivity index (χ0v) is 8.90. The number of hydrogen-bond donors (Lipinski definition) is 2. The Balaban J connectivity index is 2.01. The lowest BCUT2D eigenvalue weighted by Crippen LogP contribution is -2.29. The molecule has 0 saturated carbocycles. The summed E-state index contributed by atoms with van der Waals surface area (Å²) < 4.78 is 1.55. The average molecular weight is 209 g/mol. The molecule has 1 fully saturated rings. The molecule has 1 amide bonds. The van der Waals surface area contributed by atoms with Crippen molar-refractivity contribution in [1.82, 2.24) is 20.1 Å². The second-order valence-corrected chi connectivity index (χ2v) is 3.94. The number of anilines is 1. The lowest BCUT2D eigenvalue weighted by atomic mass is 9.97. The van der Waals surface area contributed by atoms with Gasteiger partial charge in [-0.15, -0.1) is 0 Å². The van der Waals surface area contributed by atoms with Crippen LogP contribution in [-0.4, -0.2) is 33.8 Å². The number of rotatable bonds is 2. The molecule has 82 valence electrons. The van der Waals surface area contributed by atoms with E-state index in [2.05, 4.69) is 27.6 Å². The van der Waals surface area contributed by atoms with E-state index in [0.717, 1.165) is 13.1 Å². The molecule has 2 N–H and O–H groups in total. The summed E-state index contributed by atoms with van der Waals surface area (Å²) >= 11 is 0. The Morgan fingerprint density at radius 3 is 3.00 bits per heavy atom. The molecule has 2 rings (SSSR count). The van der Waals surface area contributed by atoms with E-state index >= 15 is 0 Å². The number of amides is 1. The summed E-state index contributed by atoms with van der Waals surface area (Å²) in [6.07, 6.45) is 1.42. The Bertz CT molecular complexity index is 361. The molecule has 0 spiro atoms. The topological polar surface area (TPSA) is 71.8 Å². The molecule has 1 aliphatic rings. The molecule has 2 atom stereocenters. The summed E-state index contributed by atoms with van der Waals surface area (Å²) in [6, 6.07) is 0. The number of aromatic nitrogens is 3. The highest BCUT2D eigenvalue weighted by atomic mass is 16.2. The first-order valence-electron chi connectivity index (χ1n) is 5.04. The molecular formula is C9H15N5O. The minimum absolute atomic E-state index is 0.0172. The lowest BCUT2D eigenvalue weighted by molar-refractivity contribution is -0.120. The van der Waals surface area contributed by atoms with Crippen LogP contribution in [0.1, 0.15) is 6.92 Å². The molecule has 0 aromatic carbocycles. The summed E-state index contributed by atoms with van der Waals surface area (Å²) in [5.41, 5.74) is 0. The number of carbonyl (C=O) groups is 1. The van der Waals surface area contributed by atoms with Crippen LogP contribution in [0.15, 0.2) is 6.33 Å². The van der Waals surface area contributed by atoms with Gasteiger partial charge in [0.05, 0.1) is 5.92 Å². The van der Waals surface area contributed by atoms with E-state index < -0.39 is 0 Å². The van der Waals surface area contributed by atoms with Crippen molar-refractivity contribution in [2.45, 2.75) is 6.92 Å². The fraction of sp³-hybridized carbons (Fsp3) is 0.667. The molecule has 6 heteroatoms. The van der Waals surface area contributed by atoms with E-state index in [1.807, 2.05) is 0 Å². The van der Waals surface area contributed by atoms with Crippen LogP contribution in [0, 0.1) is 11.8 Å². The fourth-order valence-corrected chi connectivity index (χ4v) is 1.77. The van der Waals surface area contributed by atoms with E-state index in [4.69, 9.17) is 0 Å². The van der Waals surface area contributed by atoms with E-state index in [9.17, 15) is 4.79 Å². The smallest absolute Gasteiger partial charge is 0.231 e. The molecule has 0 bridgehead atoms. The van der Waals surface area contributed by atoms with Gasteiger partial charge in [0.1, 0.15) is 6.33 Å². The minimum atomic E-state index is 0.0172. The van der Waals surface area contributed by atoms with Gasteiger partial charge in [-0.25, -0.2) is 4.68 Å². The number of aryl methyl sites for hydroxylation is 1. The Kier molecular flexibility index (Phi) is 2.68. The molecule has 1 aromatic rings. The number of nitrogens with one attached hydrogen (secondary N) is 2. The third kappa shape index (κ3) is 1.99. The molecule has 1 saturated heterocycles. The van der Waals surface area contributed by atoms with Crippen LogP contribution in [-0.2, 0) is 11.8 Å². The van der Waals surface area contributed by atoms with Gasteiger partial charge in [0.25, 0.3) is 0 Å². The Labute approximate surface area is 88.1 Å². The SMILES string of the molecule is C[C@@H]1CNC[C@H]1C(=O)Nc1ncnn1C. The first-order valence-corrected chi connectivity index (χ1v) is 5.04. The number of nitrogens with zero attached hydrogens (tertiary/aromatic N) is 3. The van der Waals surface area contributed by atoms with Crippen LogP contribution in [0.3, 0.4) is 0 Å². The second kappa shape index (κ2) is 3.98. The standard InChI is InChI=1S/C9H15N5O/c1-6-3-10-4-7(6)8(15)13-9-11-5-12-14(9)2/h5-7,10H,3-4H2,1-2H3,(H,11,12,13,15)/t6-,7-/m1/s1. The van der Waals surface area contributed by atoms with Gasteiger partial charge in [-0.05, 0) is 12.5 Å². The highest BCUT2D eigenvalue weighted by molar-refractivity contribution is 5.91. The monoisotopic (exact) mass is 209 g/mol. The molecule has 6 nitrogen and oxygen atoms in total. The molecule has 1 aliphatic heterocycles. The van der Waals surface area contributed by atoms with Crippen LogP contribution in [0.4, 0.5) is 5.95 Å². The molecule has 0 radical (unpaired) electrons. The molecular weight excluding hydrogens is 194 g/mol.